The molecule has 3 heteroatoms. The molecule has 0 aliphatic heterocycles. The quantitative estimate of drug-likeness (QED) is 0.444. The molecule has 0 amide bonds. The Morgan fingerprint density at radius 1 is 1.33 bits per heavy atom. The third-order valence-corrected chi connectivity index (χ3v) is 2.17. The molecular weight excluding hydrogens is 154 g/mol. The number of aliphatic hydroxyl groups is 1. The van der Waals surface area contributed by atoms with Crippen LogP contribution in [-0.2, 0) is 6.42 Å². The molecule has 3 nitrogen and oxygen atoms in total. The highest BCUT2D eigenvalue weighted by Crippen LogP contribution is 2.28. The Labute approximate surface area is 70.0 Å². The molecular formula is C9H9NO2. The van der Waals surface area contributed by atoms with Gasteiger partial charge >= 0.3 is 0 Å². The summed E-state index contributed by atoms with van der Waals surface area (Å²) in [5.41, 5.74) is 2.32. The summed E-state index contributed by atoms with van der Waals surface area (Å²) in [4.78, 5) is 0. The van der Waals surface area contributed by atoms with Crippen molar-refractivity contribution in [3.63, 3.8) is 0 Å². The standard InChI is InChI=1S/C9H9NO2/c11-9-7-4-2-1-3-6(7)5-8(9)10-12/h1-4,9,11-12H,5H2/b10-8-. The van der Waals surface area contributed by atoms with Gasteiger partial charge in [-0.2, -0.15) is 0 Å². The number of hydrogen-bond donors (Lipinski definition) is 2. The van der Waals surface area contributed by atoms with E-state index in [1.807, 2.05) is 24.3 Å². The van der Waals surface area contributed by atoms with Gasteiger partial charge in [-0.05, 0) is 11.1 Å². The summed E-state index contributed by atoms with van der Waals surface area (Å²) < 4.78 is 0. The highest BCUT2D eigenvalue weighted by molar-refractivity contribution is 5.95. The zero-order valence-corrected chi connectivity index (χ0v) is 6.44. The third kappa shape index (κ3) is 0.905. The van der Waals surface area contributed by atoms with Crippen LogP contribution in [-0.4, -0.2) is 16.0 Å². The maximum Gasteiger partial charge on any atom is 0.121 e. The van der Waals surface area contributed by atoms with E-state index in [-0.39, 0.29) is 0 Å². The molecule has 0 radical (unpaired) electrons. The molecule has 0 saturated heterocycles. The molecule has 0 spiro atoms. The second-order valence-electron chi connectivity index (χ2n) is 2.87. The lowest BCUT2D eigenvalue weighted by molar-refractivity contribution is 0.238. The van der Waals surface area contributed by atoms with Crippen LogP contribution in [0.5, 0.6) is 0 Å². The molecule has 0 heterocycles. The molecule has 62 valence electrons. The second-order valence-corrected chi connectivity index (χ2v) is 2.87. The summed E-state index contributed by atoms with van der Waals surface area (Å²) in [6, 6.07) is 7.54. The SMILES string of the molecule is O/N=C1/Cc2ccccc2C1O. The van der Waals surface area contributed by atoms with Crippen LogP contribution in [0.25, 0.3) is 0 Å². The lowest BCUT2D eigenvalue weighted by atomic mass is 10.1. The van der Waals surface area contributed by atoms with Crippen LogP contribution in [0.3, 0.4) is 0 Å². The van der Waals surface area contributed by atoms with Gasteiger partial charge in [0, 0.05) is 6.42 Å². The normalized spacial score (nSPS) is 24.4. The van der Waals surface area contributed by atoms with Crippen molar-refractivity contribution in [2.24, 2.45) is 5.16 Å². The first-order valence-electron chi connectivity index (χ1n) is 3.79. The Hall–Kier alpha value is -1.35. The zero-order valence-electron chi connectivity index (χ0n) is 6.44. The van der Waals surface area contributed by atoms with Crippen LogP contribution < -0.4 is 0 Å². The highest BCUT2D eigenvalue weighted by atomic mass is 16.4. The number of nitrogens with zero attached hydrogens (tertiary/aromatic N) is 1. The minimum absolute atomic E-state index is 0.427. The first kappa shape index (κ1) is 7.31. The fraction of sp³-hybridized carbons (Fsp3) is 0.222. The Morgan fingerprint density at radius 3 is 2.75 bits per heavy atom. The third-order valence-electron chi connectivity index (χ3n) is 2.17. The summed E-state index contributed by atoms with van der Waals surface area (Å²) in [5.74, 6) is 0. The Kier molecular flexibility index (Phi) is 1.59. The molecule has 0 saturated carbocycles. The molecule has 2 rings (SSSR count). The Bertz CT molecular complexity index is 333. The molecule has 0 fully saturated rings. The molecule has 12 heavy (non-hydrogen) atoms. The minimum Gasteiger partial charge on any atom is -0.411 e. The van der Waals surface area contributed by atoms with Crippen molar-refractivity contribution in [2.75, 3.05) is 0 Å². The van der Waals surface area contributed by atoms with E-state index in [2.05, 4.69) is 5.16 Å². The van der Waals surface area contributed by atoms with E-state index in [0.717, 1.165) is 11.1 Å². The van der Waals surface area contributed by atoms with Crippen LogP contribution >= 0.6 is 0 Å². The van der Waals surface area contributed by atoms with Gasteiger partial charge in [-0.15, -0.1) is 0 Å². The molecule has 1 aromatic rings. The van der Waals surface area contributed by atoms with Gasteiger partial charge in [0.25, 0.3) is 0 Å². The predicted molar refractivity (Wildman–Crippen MR) is 44.3 cm³/mol. The number of rotatable bonds is 0. The predicted octanol–water partition coefficient (Wildman–Crippen LogP) is 1.11. The number of hydrogen-bond acceptors (Lipinski definition) is 3. The maximum atomic E-state index is 9.55. The van der Waals surface area contributed by atoms with E-state index in [1.54, 1.807) is 0 Å². The second kappa shape index (κ2) is 2.60. The number of aliphatic hydroxyl groups excluding tert-OH is 1. The molecule has 1 aliphatic rings. The van der Waals surface area contributed by atoms with Crippen LogP contribution in [0.4, 0.5) is 0 Å². The van der Waals surface area contributed by atoms with Gasteiger partial charge < -0.3 is 10.3 Å². The zero-order chi connectivity index (χ0) is 8.55. The van der Waals surface area contributed by atoms with Gasteiger partial charge in [0.15, 0.2) is 0 Å². The Morgan fingerprint density at radius 2 is 2.08 bits per heavy atom. The van der Waals surface area contributed by atoms with Gasteiger partial charge in [0.2, 0.25) is 0 Å². The summed E-state index contributed by atoms with van der Waals surface area (Å²) in [6.45, 7) is 0. The van der Waals surface area contributed by atoms with Crippen molar-refractivity contribution in [1.29, 1.82) is 0 Å². The molecule has 1 aliphatic carbocycles. The fourth-order valence-electron chi connectivity index (χ4n) is 1.52. The van der Waals surface area contributed by atoms with E-state index < -0.39 is 6.10 Å². The largest absolute Gasteiger partial charge is 0.411 e. The van der Waals surface area contributed by atoms with Crippen LogP contribution in [0.15, 0.2) is 29.4 Å². The smallest absolute Gasteiger partial charge is 0.121 e. The van der Waals surface area contributed by atoms with Crippen molar-refractivity contribution in [2.45, 2.75) is 12.5 Å². The van der Waals surface area contributed by atoms with Gasteiger partial charge in [-0.3, -0.25) is 0 Å². The lowest BCUT2D eigenvalue weighted by Gasteiger charge is -2.01. The molecule has 0 bridgehead atoms. The summed E-state index contributed by atoms with van der Waals surface area (Å²) in [7, 11) is 0. The van der Waals surface area contributed by atoms with Crippen molar-refractivity contribution < 1.29 is 10.3 Å². The van der Waals surface area contributed by atoms with E-state index in [1.165, 1.54) is 0 Å². The van der Waals surface area contributed by atoms with Crippen molar-refractivity contribution in [3.05, 3.63) is 35.4 Å². The van der Waals surface area contributed by atoms with Gasteiger partial charge in [0.1, 0.15) is 6.10 Å². The van der Waals surface area contributed by atoms with Crippen molar-refractivity contribution in [1.82, 2.24) is 0 Å². The topological polar surface area (TPSA) is 52.8 Å². The van der Waals surface area contributed by atoms with Gasteiger partial charge in [-0.1, -0.05) is 29.4 Å². The summed E-state index contributed by atoms with van der Waals surface area (Å²) >= 11 is 0. The molecule has 1 aromatic carbocycles. The van der Waals surface area contributed by atoms with Crippen molar-refractivity contribution >= 4 is 5.71 Å². The molecule has 1 atom stereocenters. The minimum atomic E-state index is -0.716. The number of fused-ring (bicyclic) bond motifs is 1. The van der Waals surface area contributed by atoms with Crippen molar-refractivity contribution in [3.8, 4) is 0 Å². The van der Waals surface area contributed by atoms with Gasteiger partial charge in [0.05, 0.1) is 5.71 Å². The molecule has 1 unspecified atom stereocenters. The fourth-order valence-corrected chi connectivity index (χ4v) is 1.52. The Balaban J connectivity index is 2.49. The monoisotopic (exact) mass is 163 g/mol. The highest BCUT2D eigenvalue weighted by Gasteiger charge is 2.26. The first-order chi connectivity index (χ1) is 5.83. The maximum absolute atomic E-state index is 9.55. The summed E-state index contributed by atoms with van der Waals surface area (Å²) in [5, 5.41) is 21.1. The van der Waals surface area contributed by atoms with Crippen LogP contribution in [0.1, 0.15) is 17.2 Å². The first-order valence-corrected chi connectivity index (χ1v) is 3.79. The van der Waals surface area contributed by atoms with E-state index in [9.17, 15) is 5.11 Å². The lowest BCUT2D eigenvalue weighted by Crippen LogP contribution is -2.04. The van der Waals surface area contributed by atoms with Crippen LogP contribution in [0.2, 0.25) is 0 Å². The molecule has 0 aromatic heterocycles. The number of benzene rings is 1. The van der Waals surface area contributed by atoms with Gasteiger partial charge in [-0.25, -0.2) is 0 Å². The average molecular weight is 163 g/mol. The summed E-state index contributed by atoms with van der Waals surface area (Å²) in [6.07, 6.45) is -0.167. The van der Waals surface area contributed by atoms with E-state index in [0.29, 0.717) is 12.1 Å². The number of oxime groups is 1. The van der Waals surface area contributed by atoms with Crippen LogP contribution in [0, 0.1) is 0 Å². The van der Waals surface area contributed by atoms with E-state index >= 15 is 0 Å². The average Bonchev–Trinajstić information content (AvgIpc) is 2.44. The van der Waals surface area contributed by atoms with E-state index in [4.69, 9.17) is 5.21 Å². The molecule has 2 N–H and O–H groups in total.